The molecule has 0 aliphatic heterocycles. The van der Waals surface area contributed by atoms with E-state index in [4.69, 9.17) is 4.42 Å². The molecule has 0 spiro atoms. The third-order valence-corrected chi connectivity index (χ3v) is 14.5. The summed E-state index contributed by atoms with van der Waals surface area (Å²) in [7, 11) is 0. The van der Waals surface area contributed by atoms with E-state index >= 15 is 0 Å². The Hall–Kier alpha value is -6.46. The van der Waals surface area contributed by atoms with Gasteiger partial charge in [-0.3, -0.25) is 0 Å². The summed E-state index contributed by atoms with van der Waals surface area (Å²) in [6.45, 7) is 14.8. The maximum Gasteiger partial charge on any atom is 0.346 e. The number of aromatic nitrogens is 1. The average Bonchev–Trinajstić information content (AvgIpc) is 3.64. The summed E-state index contributed by atoms with van der Waals surface area (Å²) in [4.78, 5) is 28.8. The Balaban J connectivity index is 1.19. The summed E-state index contributed by atoms with van der Waals surface area (Å²) in [5.41, 5.74) is 14.5. The molecule has 2 heterocycles. The van der Waals surface area contributed by atoms with Gasteiger partial charge in [0.2, 0.25) is 0 Å². The standard InChI is InChI=1S/C56H50N2O3/c1-7-9-14-33(8-2)32-57-49-28-27-44-51-43(53(59)61-54(44)60)26-25-42(52(49)51)41-24-21-36(31-50(41)57)58(34-19-22-39-37-15-10-12-17-45(37)55(3,4)47(39)29-34)35-20-23-40-38-16-11-13-18-46(38)56(5,6)48(40)30-35/h10-13,15-31,33H,7-9,14,32H2,1-6H3. The molecule has 0 fully saturated rings. The number of fused-ring (bicyclic) bond motifs is 8. The van der Waals surface area contributed by atoms with Gasteiger partial charge in [-0.2, -0.15) is 0 Å². The lowest BCUT2D eigenvalue weighted by molar-refractivity contribution is 0.400. The number of unbranched alkanes of at least 4 members (excludes halogenated alkanes) is 1. The SMILES string of the molecule is CCCCC(CC)Cn1c2cc(N(c3ccc4c(c3)C(C)(C)c3ccccc3-4)c3ccc4c(c3)C(C)(C)c3ccccc3-4)ccc2c2ccc3c(=O)oc(=O)c4ccc1c2c34. The van der Waals surface area contributed by atoms with Gasteiger partial charge in [0.1, 0.15) is 0 Å². The molecule has 61 heavy (non-hydrogen) atoms. The lowest BCUT2D eigenvalue weighted by atomic mass is 9.82. The van der Waals surface area contributed by atoms with E-state index < -0.39 is 11.3 Å². The number of pyridine rings is 1. The Bertz CT molecular complexity index is 3250. The molecule has 0 bridgehead atoms. The van der Waals surface area contributed by atoms with E-state index in [-0.39, 0.29) is 10.8 Å². The van der Waals surface area contributed by atoms with Gasteiger partial charge in [-0.25, -0.2) is 9.59 Å². The van der Waals surface area contributed by atoms with Gasteiger partial charge in [0.15, 0.2) is 0 Å². The number of hydrogen-bond acceptors (Lipinski definition) is 4. The quantitative estimate of drug-likeness (QED) is 0.108. The van der Waals surface area contributed by atoms with Crippen molar-refractivity contribution in [2.45, 2.75) is 84.6 Å². The fourth-order valence-corrected chi connectivity index (χ4v) is 11.2. The molecule has 1 atom stereocenters. The zero-order chi connectivity index (χ0) is 41.9. The van der Waals surface area contributed by atoms with Gasteiger partial charge in [0.25, 0.3) is 0 Å². The molecule has 2 aliphatic rings. The fourth-order valence-electron chi connectivity index (χ4n) is 11.2. The Morgan fingerprint density at radius 2 is 1.05 bits per heavy atom. The molecule has 0 N–H and O–H groups in total. The van der Waals surface area contributed by atoms with E-state index in [1.54, 1.807) is 0 Å². The summed E-state index contributed by atoms with van der Waals surface area (Å²) >= 11 is 0. The topological polar surface area (TPSA) is 55.5 Å². The van der Waals surface area contributed by atoms with Crippen molar-refractivity contribution in [3.8, 4) is 22.3 Å². The molecule has 302 valence electrons. The van der Waals surface area contributed by atoms with Crippen LogP contribution >= 0.6 is 0 Å². The molecule has 0 radical (unpaired) electrons. The van der Waals surface area contributed by atoms with Crippen LogP contribution in [0.15, 0.2) is 141 Å². The molecule has 0 amide bonds. The van der Waals surface area contributed by atoms with Crippen molar-refractivity contribution in [2.75, 3.05) is 4.90 Å². The number of benzene rings is 7. The van der Waals surface area contributed by atoms with Crippen molar-refractivity contribution < 1.29 is 4.42 Å². The minimum Gasteiger partial charge on any atom is -0.386 e. The van der Waals surface area contributed by atoms with Gasteiger partial charge >= 0.3 is 11.3 Å². The van der Waals surface area contributed by atoms with Gasteiger partial charge in [0, 0.05) is 56.1 Å². The first-order valence-electron chi connectivity index (χ1n) is 22.1. The monoisotopic (exact) mass is 798 g/mol. The fraction of sp³-hybridized carbons (Fsp3) is 0.250. The summed E-state index contributed by atoms with van der Waals surface area (Å²) in [6, 6.07) is 46.5. The molecule has 5 nitrogen and oxygen atoms in total. The predicted octanol–water partition coefficient (Wildman–Crippen LogP) is 14.2. The molecule has 2 aromatic heterocycles. The van der Waals surface area contributed by atoms with Crippen LogP contribution in [-0.4, -0.2) is 4.57 Å². The maximum atomic E-state index is 13.2. The van der Waals surface area contributed by atoms with Gasteiger partial charge in [-0.05, 0) is 117 Å². The molecule has 11 rings (SSSR count). The second-order valence-corrected chi connectivity index (χ2v) is 18.6. The molecule has 2 aliphatic carbocycles. The van der Waals surface area contributed by atoms with E-state index in [9.17, 15) is 9.59 Å². The second-order valence-electron chi connectivity index (χ2n) is 18.6. The van der Waals surface area contributed by atoms with E-state index in [2.05, 4.69) is 160 Å². The highest BCUT2D eigenvalue weighted by Crippen LogP contribution is 2.53. The molecule has 9 aromatic rings. The van der Waals surface area contributed by atoms with E-state index in [0.717, 1.165) is 70.1 Å². The predicted molar refractivity (Wildman–Crippen MR) is 254 cm³/mol. The number of rotatable bonds is 9. The van der Waals surface area contributed by atoms with Crippen molar-refractivity contribution in [3.63, 3.8) is 0 Å². The zero-order valence-electron chi connectivity index (χ0n) is 35.9. The highest BCUT2D eigenvalue weighted by Gasteiger charge is 2.38. The van der Waals surface area contributed by atoms with Gasteiger partial charge in [-0.1, -0.05) is 134 Å². The normalized spacial score (nSPS) is 15.0. The van der Waals surface area contributed by atoms with Crippen molar-refractivity contribution in [1.82, 2.24) is 4.57 Å². The van der Waals surface area contributed by atoms with Crippen LogP contribution in [-0.2, 0) is 17.4 Å². The van der Waals surface area contributed by atoms with Crippen molar-refractivity contribution >= 4 is 60.4 Å². The zero-order valence-corrected chi connectivity index (χ0v) is 35.9. The van der Waals surface area contributed by atoms with Crippen LogP contribution in [0, 0.1) is 5.92 Å². The van der Waals surface area contributed by atoms with E-state index in [1.807, 2.05) is 18.2 Å². The van der Waals surface area contributed by atoms with Crippen LogP contribution in [0.3, 0.4) is 0 Å². The maximum absolute atomic E-state index is 13.2. The van der Waals surface area contributed by atoms with Gasteiger partial charge in [0.05, 0.1) is 16.3 Å². The number of anilines is 3. The first-order valence-corrected chi connectivity index (χ1v) is 22.1. The van der Waals surface area contributed by atoms with Crippen molar-refractivity contribution in [1.29, 1.82) is 0 Å². The lowest BCUT2D eigenvalue weighted by Gasteiger charge is -2.30. The first-order chi connectivity index (χ1) is 29.5. The van der Waals surface area contributed by atoms with E-state index in [0.29, 0.717) is 22.1 Å². The summed E-state index contributed by atoms with van der Waals surface area (Å²) in [6.07, 6.45) is 4.49. The molecule has 1 unspecified atom stereocenters. The number of hydrogen-bond donors (Lipinski definition) is 0. The minimum absolute atomic E-state index is 0.161. The van der Waals surface area contributed by atoms with Crippen LogP contribution in [0.4, 0.5) is 17.1 Å². The van der Waals surface area contributed by atoms with Crippen LogP contribution in [0.25, 0.3) is 65.6 Å². The van der Waals surface area contributed by atoms with Crippen molar-refractivity contribution in [3.05, 3.63) is 170 Å². The van der Waals surface area contributed by atoms with Gasteiger partial charge in [-0.15, -0.1) is 0 Å². The smallest absolute Gasteiger partial charge is 0.346 e. The molecular formula is C56H50N2O3. The third kappa shape index (κ3) is 5.38. The highest BCUT2D eigenvalue weighted by atomic mass is 16.4. The van der Waals surface area contributed by atoms with Crippen LogP contribution in [0.5, 0.6) is 0 Å². The van der Waals surface area contributed by atoms with Crippen LogP contribution in [0.1, 0.15) is 89.5 Å². The Labute approximate surface area is 356 Å². The number of nitrogens with zero attached hydrogens (tertiary/aromatic N) is 2. The molecule has 7 aromatic carbocycles. The van der Waals surface area contributed by atoms with Gasteiger partial charge < -0.3 is 13.9 Å². The molecule has 5 heteroatoms. The Morgan fingerprint density at radius 3 is 1.64 bits per heavy atom. The minimum atomic E-state index is -0.583. The van der Waals surface area contributed by atoms with Crippen molar-refractivity contribution in [2.24, 2.45) is 5.92 Å². The summed E-state index contributed by atoms with van der Waals surface area (Å²) < 4.78 is 7.68. The first kappa shape index (κ1) is 37.5. The second kappa shape index (κ2) is 13.5. The molecular weight excluding hydrogens is 749 g/mol. The third-order valence-electron chi connectivity index (χ3n) is 14.5. The average molecular weight is 799 g/mol. The molecule has 0 saturated heterocycles. The summed E-state index contributed by atoms with van der Waals surface area (Å²) in [5.74, 6) is 0.452. The highest BCUT2D eigenvalue weighted by molar-refractivity contribution is 6.27. The lowest BCUT2D eigenvalue weighted by Crippen LogP contribution is -2.18. The van der Waals surface area contributed by atoms with E-state index in [1.165, 1.54) is 50.9 Å². The summed E-state index contributed by atoms with van der Waals surface area (Å²) in [5, 5.41) is 4.66. The van der Waals surface area contributed by atoms with Crippen LogP contribution in [0.2, 0.25) is 0 Å². The largest absolute Gasteiger partial charge is 0.386 e. The Kier molecular flexibility index (Phi) is 8.32. The Morgan fingerprint density at radius 1 is 0.541 bits per heavy atom. The molecule has 0 saturated carbocycles. The van der Waals surface area contributed by atoms with Crippen LogP contribution < -0.4 is 16.2 Å².